The van der Waals surface area contributed by atoms with Gasteiger partial charge in [-0.25, -0.2) is 0 Å². The van der Waals surface area contributed by atoms with Gasteiger partial charge in [0.25, 0.3) is 5.91 Å². The third-order valence-corrected chi connectivity index (χ3v) is 3.89. The van der Waals surface area contributed by atoms with Gasteiger partial charge in [0.1, 0.15) is 0 Å². The minimum atomic E-state index is -4.44. The molecule has 0 spiro atoms. The molecule has 0 radical (unpaired) electrons. The maximum absolute atomic E-state index is 12.6. The van der Waals surface area contributed by atoms with E-state index in [1.165, 1.54) is 4.68 Å². The van der Waals surface area contributed by atoms with Crippen LogP contribution in [0.25, 0.3) is 0 Å². The van der Waals surface area contributed by atoms with Crippen LogP contribution in [0.4, 0.5) is 13.2 Å². The number of alkyl halides is 3. The predicted octanol–water partition coefficient (Wildman–Crippen LogP) is 2.37. The minimum Gasteiger partial charge on any atom is -0.351 e. The van der Waals surface area contributed by atoms with E-state index < -0.39 is 11.9 Å². The summed E-state index contributed by atoms with van der Waals surface area (Å²) in [5, 5.41) is 10.3. The van der Waals surface area contributed by atoms with E-state index in [1.54, 1.807) is 24.9 Å². The molecule has 2 aromatic heterocycles. The van der Waals surface area contributed by atoms with Crippen LogP contribution in [0.2, 0.25) is 0 Å². The number of carbonyl (C=O) groups excluding carboxylic acids is 1. The number of aryl methyl sites for hydroxylation is 3. The maximum atomic E-state index is 12.6. The Morgan fingerprint density at radius 1 is 1.39 bits per heavy atom. The van der Waals surface area contributed by atoms with Crippen LogP contribution in [0.3, 0.4) is 0 Å². The third kappa shape index (κ3) is 4.45. The highest BCUT2D eigenvalue weighted by atomic mass is 127. The highest BCUT2D eigenvalue weighted by molar-refractivity contribution is 14.1. The van der Waals surface area contributed by atoms with Crippen LogP contribution in [0.1, 0.15) is 28.3 Å². The summed E-state index contributed by atoms with van der Waals surface area (Å²) in [6.45, 7) is 2.19. The zero-order chi connectivity index (χ0) is 17.2. The molecule has 0 aliphatic heterocycles. The average molecular weight is 441 g/mol. The fourth-order valence-electron chi connectivity index (χ4n) is 2.00. The smallest absolute Gasteiger partial charge is 0.351 e. The van der Waals surface area contributed by atoms with Crippen molar-refractivity contribution >= 4 is 28.5 Å². The molecule has 0 aliphatic rings. The molecule has 0 atom stereocenters. The molecule has 2 rings (SSSR count). The molecule has 0 bridgehead atoms. The minimum absolute atomic E-state index is 0.293. The Balaban J connectivity index is 1.85. The molecule has 0 aliphatic carbocycles. The summed E-state index contributed by atoms with van der Waals surface area (Å²) in [7, 11) is 1.72. The monoisotopic (exact) mass is 441 g/mol. The second kappa shape index (κ2) is 6.89. The van der Waals surface area contributed by atoms with Gasteiger partial charge in [0.05, 0.1) is 3.57 Å². The Kier molecular flexibility index (Phi) is 5.32. The van der Waals surface area contributed by atoms with Crippen molar-refractivity contribution in [2.45, 2.75) is 26.1 Å². The van der Waals surface area contributed by atoms with Crippen molar-refractivity contribution in [3.8, 4) is 0 Å². The maximum Gasteiger partial charge on any atom is 0.435 e. The van der Waals surface area contributed by atoms with Crippen LogP contribution in [0, 0.1) is 10.5 Å². The molecule has 6 nitrogen and oxygen atoms in total. The second-order valence-corrected chi connectivity index (χ2v) is 6.16. The summed E-state index contributed by atoms with van der Waals surface area (Å²) < 4.78 is 41.3. The van der Waals surface area contributed by atoms with Crippen molar-refractivity contribution < 1.29 is 18.0 Å². The first-order valence-electron chi connectivity index (χ1n) is 6.77. The summed E-state index contributed by atoms with van der Waals surface area (Å²) in [6, 6.07) is 1.01. The van der Waals surface area contributed by atoms with Gasteiger partial charge in [0, 0.05) is 32.0 Å². The van der Waals surface area contributed by atoms with E-state index in [2.05, 4.69) is 15.5 Å². The van der Waals surface area contributed by atoms with Gasteiger partial charge in [-0.1, -0.05) is 0 Å². The lowest BCUT2D eigenvalue weighted by atomic mass is 10.3. The third-order valence-electron chi connectivity index (χ3n) is 3.10. The first kappa shape index (κ1) is 17.8. The quantitative estimate of drug-likeness (QED) is 0.573. The number of nitrogens with one attached hydrogen (secondary N) is 1. The van der Waals surface area contributed by atoms with E-state index >= 15 is 0 Å². The highest BCUT2D eigenvalue weighted by Gasteiger charge is 2.34. The molecule has 1 N–H and O–H groups in total. The number of rotatable bonds is 5. The summed E-state index contributed by atoms with van der Waals surface area (Å²) in [5.41, 5.74) is -0.132. The van der Waals surface area contributed by atoms with Gasteiger partial charge in [-0.05, 0) is 42.0 Å². The summed E-state index contributed by atoms with van der Waals surface area (Å²) in [4.78, 5) is 11.9. The summed E-state index contributed by atoms with van der Waals surface area (Å²) in [5.74, 6) is -0.303. The van der Waals surface area contributed by atoms with E-state index in [4.69, 9.17) is 0 Å². The van der Waals surface area contributed by atoms with Crippen molar-refractivity contribution in [1.82, 2.24) is 24.9 Å². The number of halogens is 4. The second-order valence-electron chi connectivity index (χ2n) is 5.00. The predicted molar refractivity (Wildman–Crippen MR) is 84.8 cm³/mol. The highest BCUT2D eigenvalue weighted by Crippen LogP contribution is 2.28. The summed E-state index contributed by atoms with van der Waals surface area (Å²) >= 11 is 2.02. The number of nitrogens with zero attached hydrogens (tertiary/aromatic N) is 4. The van der Waals surface area contributed by atoms with Gasteiger partial charge in [0.15, 0.2) is 11.4 Å². The molecule has 0 saturated heterocycles. The van der Waals surface area contributed by atoms with E-state index in [0.717, 1.165) is 9.64 Å². The zero-order valence-corrected chi connectivity index (χ0v) is 14.6. The topological polar surface area (TPSA) is 64.7 Å². The molecular weight excluding hydrogens is 426 g/mol. The van der Waals surface area contributed by atoms with Gasteiger partial charge in [0.2, 0.25) is 0 Å². The molecule has 23 heavy (non-hydrogen) atoms. The SMILES string of the molecule is Cc1cc(C(F)(F)F)nn1CCCNC(=O)c1nn(C)cc1I. The molecule has 2 aromatic rings. The molecule has 126 valence electrons. The Labute approximate surface area is 144 Å². The Morgan fingerprint density at radius 2 is 2.09 bits per heavy atom. The number of carbonyl (C=O) groups is 1. The van der Waals surface area contributed by atoms with Crippen LogP contribution in [-0.2, 0) is 19.8 Å². The first-order valence-corrected chi connectivity index (χ1v) is 7.85. The van der Waals surface area contributed by atoms with Crippen LogP contribution in [0.5, 0.6) is 0 Å². The lowest BCUT2D eigenvalue weighted by molar-refractivity contribution is -0.141. The normalized spacial score (nSPS) is 11.7. The molecule has 1 amide bonds. The largest absolute Gasteiger partial charge is 0.435 e. The van der Waals surface area contributed by atoms with Gasteiger partial charge < -0.3 is 5.32 Å². The fraction of sp³-hybridized carbons (Fsp3) is 0.462. The average Bonchev–Trinajstić information content (AvgIpc) is 2.97. The van der Waals surface area contributed by atoms with Crippen molar-refractivity contribution in [2.24, 2.45) is 7.05 Å². The van der Waals surface area contributed by atoms with Gasteiger partial charge in [-0.15, -0.1) is 0 Å². The van der Waals surface area contributed by atoms with E-state index in [1.807, 2.05) is 22.6 Å². The standard InChI is InChI=1S/C13H15F3IN5O/c1-8-6-10(13(14,15)16)19-22(8)5-3-4-18-12(23)11-9(17)7-21(2)20-11/h6-7H,3-5H2,1-2H3,(H,18,23). The van der Waals surface area contributed by atoms with E-state index in [-0.39, 0.29) is 5.91 Å². The zero-order valence-electron chi connectivity index (χ0n) is 12.5. The molecule has 10 heteroatoms. The van der Waals surface area contributed by atoms with Crippen LogP contribution >= 0.6 is 22.6 Å². The van der Waals surface area contributed by atoms with Crippen molar-refractivity contribution in [3.05, 3.63) is 32.9 Å². The molecule has 0 aromatic carbocycles. The number of hydrogen-bond acceptors (Lipinski definition) is 3. The van der Waals surface area contributed by atoms with Crippen molar-refractivity contribution in [1.29, 1.82) is 0 Å². The van der Waals surface area contributed by atoms with E-state index in [0.29, 0.717) is 30.9 Å². The van der Waals surface area contributed by atoms with Gasteiger partial charge >= 0.3 is 6.18 Å². The number of hydrogen-bond donors (Lipinski definition) is 1. The number of amides is 1. The molecule has 0 unspecified atom stereocenters. The van der Waals surface area contributed by atoms with Crippen LogP contribution in [0.15, 0.2) is 12.3 Å². The molecule has 0 fully saturated rings. The van der Waals surface area contributed by atoms with Gasteiger partial charge in [-0.3, -0.25) is 14.2 Å². The lowest BCUT2D eigenvalue weighted by Gasteiger charge is -2.06. The van der Waals surface area contributed by atoms with Gasteiger partial charge in [-0.2, -0.15) is 23.4 Å². The Bertz CT molecular complexity index is 707. The van der Waals surface area contributed by atoms with Crippen molar-refractivity contribution in [3.63, 3.8) is 0 Å². The van der Waals surface area contributed by atoms with Crippen LogP contribution in [-0.4, -0.2) is 32.0 Å². The van der Waals surface area contributed by atoms with E-state index in [9.17, 15) is 18.0 Å². The van der Waals surface area contributed by atoms with Crippen LogP contribution < -0.4 is 5.32 Å². The molecular formula is C13H15F3IN5O. The molecule has 0 saturated carbocycles. The number of aromatic nitrogens is 4. The first-order chi connectivity index (χ1) is 10.7. The van der Waals surface area contributed by atoms with Crippen molar-refractivity contribution in [2.75, 3.05) is 6.54 Å². The Morgan fingerprint density at radius 3 is 2.61 bits per heavy atom. The summed E-state index contributed by atoms with van der Waals surface area (Å²) in [6.07, 6.45) is -2.25. The lowest BCUT2D eigenvalue weighted by Crippen LogP contribution is -2.26. The Hall–Kier alpha value is -1.59. The molecule has 2 heterocycles. The fourth-order valence-corrected chi connectivity index (χ4v) is 2.76.